The van der Waals surface area contributed by atoms with Crippen LogP contribution in [0.3, 0.4) is 0 Å². The molecule has 5 heteroatoms. The largest absolute Gasteiger partial charge is 0.372 e. The minimum absolute atomic E-state index is 0.194. The molecule has 1 aromatic carbocycles. The van der Waals surface area contributed by atoms with E-state index in [2.05, 4.69) is 15.0 Å². The molecule has 2 aliphatic rings. The minimum Gasteiger partial charge on any atom is -0.256 e. The number of hydrogen-bond donors (Lipinski definition) is 0. The van der Waals surface area contributed by atoms with Crippen LogP contribution in [0.4, 0.5) is 4.39 Å². The summed E-state index contributed by atoms with van der Waals surface area (Å²) in [5, 5.41) is 5.67. The first-order chi connectivity index (χ1) is 11.1. The maximum atomic E-state index is 13.8. The van der Waals surface area contributed by atoms with Crippen LogP contribution in [0.25, 0.3) is 16.8 Å². The zero-order valence-electron chi connectivity index (χ0n) is 12.8. The Bertz CT molecular complexity index is 949. The van der Waals surface area contributed by atoms with Crippen molar-refractivity contribution in [2.45, 2.75) is 13.8 Å². The van der Waals surface area contributed by atoms with Gasteiger partial charge in [0.05, 0.1) is 5.69 Å². The Hall–Kier alpha value is -3.04. The van der Waals surface area contributed by atoms with Crippen molar-refractivity contribution in [2.75, 3.05) is 0 Å². The highest BCUT2D eigenvalue weighted by molar-refractivity contribution is 5.98. The van der Waals surface area contributed by atoms with E-state index in [1.165, 1.54) is 0 Å². The Morgan fingerprint density at radius 1 is 1.09 bits per heavy atom. The van der Waals surface area contributed by atoms with Crippen LogP contribution >= 0.6 is 0 Å². The van der Waals surface area contributed by atoms with Crippen LogP contribution in [-0.4, -0.2) is 20.6 Å². The average molecular weight is 305 g/mol. The highest BCUT2D eigenvalue weighted by Crippen LogP contribution is 2.32. The fourth-order valence-electron chi connectivity index (χ4n) is 2.74. The van der Waals surface area contributed by atoms with Crippen molar-refractivity contribution in [3.8, 4) is 11.3 Å². The van der Waals surface area contributed by atoms with Crippen molar-refractivity contribution in [1.82, 2.24) is 9.99 Å². The predicted molar refractivity (Wildman–Crippen MR) is 85.8 cm³/mol. The Morgan fingerprint density at radius 2 is 1.96 bits per heavy atom. The molecule has 4 nitrogen and oxygen atoms in total. The molecule has 0 saturated heterocycles. The second-order valence-electron chi connectivity index (χ2n) is 5.63. The Kier molecular flexibility index (Phi) is 2.96. The summed E-state index contributed by atoms with van der Waals surface area (Å²) >= 11 is 0. The number of aromatic nitrogens is 1. The van der Waals surface area contributed by atoms with Gasteiger partial charge >= 0.3 is 5.84 Å². The number of aryl methyl sites for hydroxylation is 2. The molecule has 0 spiro atoms. The van der Waals surface area contributed by atoms with Gasteiger partial charge in [-0.2, -0.15) is 0 Å². The zero-order valence-corrected chi connectivity index (χ0v) is 12.8. The Balaban J connectivity index is 1.86. The maximum absolute atomic E-state index is 13.8. The molecule has 23 heavy (non-hydrogen) atoms. The van der Waals surface area contributed by atoms with Crippen molar-refractivity contribution < 1.29 is 9.18 Å². The van der Waals surface area contributed by atoms with E-state index in [1.54, 1.807) is 24.2 Å². The number of pyridine rings is 1. The van der Waals surface area contributed by atoms with Crippen LogP contribution < -0.4 is 0 Å². The van der Waals surface area contributed by atoms with Gasteiger partial charge in [-0.1, -0.05) is 11.1 Å². The van der Waals surface area contributed by atoms with E-state index in [1.807, 2.05) is 43.5 Å². The molecule has 2 aromatic rings. The number of rotatable bonds is 2. The SMILES string of the molecule is Cc1cc(-c2ncccc2C2=CN3N=[N+]=C3C=C2)c(C)cc1F. The number of allylic oxidation sites excluding steroid dienone is 2. The van der Waals surface area contributed by atoms with Crippen LogP contribution in [0.2, 0.25) is 0 Å². The fraction of sp³-hybridized carbons (Fsp3) is 0.111. The summed E-state index contributed by atoms with van der Waals surface area (Å²) in [5.74, 6) is 0.633. The average Bonchev–Trinajstić information content (AvgIpc) is 2.52. The lowest BCUT2D eigenvalue weighted by Gasteiger charge is -2.16. The lowest BCUT2D eigenvalue weighted by atomic mass is 9.94. The van der Waals surface area contributed by atoms with Gasteiger partial charge in [0.2, 0.25) is 0 Å². The van der Waals surface area contributed by atoms with Gasteiger partial charge in [0, 0.05) is 29.0 Å². The van der Waals surface area contributed by atoms with Crippen LogP contribution in [0, 0.1) is 19.7 Å². The first kappa shape index (κ1) is 13.6. The fourth-order valence-corrected chi connectivity index (χ4v) is 2.74. The number of fused-ring (bicyclic) bond motifs is 1. The standard InChI is InChI=1S/C18H14FN4/c1-11-9-16(19)12(2)8-15(11)18-14(4-3-7-20-18)13-5-6-17-21-22-23(17)10-13/h3-10H,1-2H3/q+1. The van der Waals surface area contributed by atoms with Gasteiger partial charge in [-0.25, -0.2) is 4.39 Å². The van der Waals surface area contributed by atoms with Gasteiger partial charge < -0.3 is 0 Å². The summed E-state index contributed by atoms with van der Waals surface area (Å²) in [6, 6.07) is 7.32. The third kappa shape index (κ3) is 2.18. The van der Waals surface area contributed by atoms with Crippen LogP contribution in [0.1, 0.15) is 16.7 Å². The summed E-state index contributed by atoms with van der Waals surface area (Å²) in [4.78, 5) is 8.46. The maximum Gasteiger partial charge on any atom is 0.372 e. The lowest BCUT2D eigenvalue weighted by molar-refractivity contribution is -0.182. The minimum atomic E-state index is -0.194. The van der Waals surface area contributed by atoms with Crippen LogP contribution in [0.5, 0.6) is 0 Å². The van der Waals surface area contributed by atoms with E-state index in [0.29, 0.717) is 5.56 Å². The molecule has 0 amide bonds. The van der Waals surface area contributed by atoms with Gasteiger partial charge in [0.25, 0.3) is 0 Å². The smallest absolute Gasteiger partial charge is 0.256 e. The highest BCUT2D eigenvalue weighted by atomic mass is 19.1. The third-order valence-electron chi connectivity index (χ3n) is 4.03. The molecule has 0 radical (unpaired) electrons. The van der Waals surface area contributed by atoms with Crippen molar-refractivity contribution in [3.05, 3.63) is 71.3 Å². The molecule has 3 heterocycles. The summed E-state index contributed by atoms with van der Waals surface area (Å²) in [6.45, 7) is 3.67. The number of benzene rings is 1. The van der Waals surface area contributed by atoms with Crippen molar-refractivity contribution in [2.24, 2.45) is 5.22 Å². The van der Waals surface area contributed by atoms with Crippen LogP contribution in [0.15, 0.2) is 54.0 Å². The molecule has 0 atom stereocenters. The molecule has 1 aromatic heterocycles. The summed E-state index contributed by atoms with van der Waals surface area (Å²) in [7, 11) is 0. The van der Waals surface area contributed by atoms with E-state index in [4.69, 9.17) is 0 Å². The second-order valence-corrected chi connectivity index (χ2v) is 5.63. The van der Waals surface area contributed by atoms with Gasteiger partial charge in [-0.15, -0.1) is 4.79 Å². The second kappa shape index (κ2) is 5.00. The van der Waals surface area contributed by atoms with Gasteiger partial charge in [0.1, 0.15) is 17.2 Å². The van der Waals surface area contributed by atoms with Gasteiger partial charge in [-0.05, 0) is 49.2 Å². The molecular weight excluding hydrogens is 291 g/mol. The number of amidine groups is 1. The molecule has 0 aliphatic carbocycles. The van der Waals surface area contributed by atoms with E-state index in [-0.39, 0.29) is 5.82 Å². The molecule has 0 bridgehead atoms. The summed E-state index contributed by atoms with van der Waals surface area (Å²) in [5.41, 5.74) is 5.24. The van der Waals surface area contributed by atoms with Crippen molar-refractivity contribution >= 4 is 11.4 Å². The quantitative estimate of drug-likeness (QED) is 0.794. The number of halogens is 1. The Morgan fingerprint density at radius 3 is 2.70 bits per heavy atom. The van der Waals surface area contributed by atoms with E-state index < -0.39 is 0 Å². The molecule has 0 fully saturated rings. The highest BCUT2D eigenvalue weighted by Gasteiger charge is 2.27. The number of nitrogens with zero attached hydrogens (tertiary/aromatic N) is 4. The Labute approximate surface area is 133 Å². The van der Waals surface area contributed by atoms with Crippen molar-refractivity contribution in [1.29, 1.82) is 0 Å². The molecule has 0 N–H and O–H groups in total. The van der Waals surface area contributed by atoms with Crippen LogP contribution in [-0.2, 0) is 0 Å². The van der Waals surface area contributed by atoms with Gasteiger partial charge in [-0.3, -0.25) is 4.98 Å². The normalized spacial score (nSPS) is 15.0. The van der Waals surface area contributed by atoms with E-state index in [0.717, 1.165) is 33.8 Å². The van der Waals surface area contributed by atoms with E-state index in [9.17, 15) is 4.39 Å². The monoisotopic (exact) mass is 305 g/mol. The third-order valence-corrected chi connectivity index (χ3v) is 4.03. The molecular formula is C18H14FN4+. The molecule has 2 aliphatic heterocycles. The van der Waals surface area contributed by atoms with Gasteiger partial charge in [0.15, 0.2) is 0 Å². The predicted octanol–water partition coefficient (Wildman–Crippen LogP) is 3.70. The zero-order chi connectivity index (χ0) is 16.0. The first-order valence-corrected chi connectivity index (χ1v) is 7.34. The molecule has 112 valence electrons. The lowest BCUT2D eigenvalue weighted by Crippen LogP contribution is -2.28. The molecule has 4 rings (SSSR count). The van der Waals surface area contributed by atoms with Crippen molar-refractivity contribution in [3.63, 3.8) is 0 Å². The first-order valence-electron chi connectivity index (χ1n) is 7.34. The van der Waals surface area contributed by atoms with E-state index >= 15 is 0 Å². The number of hydrogen-bond acceptors (Lipinski definition) is 3. The summed E-state index contributed by atoms with van der Waals surface area (Å²) < 4.78 is 13.8. The molecule has 0 unspecified atom stereocenters. The summed E-state index contributed by atoms with van der Waals surface area (Å²) in [6.07, 6.45) is 7.59. The topological polar surface area (TPSA) is 42.6 Å². The molecule has 0 saturated carbocycles.